The number of hydrogen-bond donors (Lipinski definition) is 1. The fourth-order valence-corrected chi connectivity index (χ4v) is 3.51. The molecular weight excluding hydrogens is 364 g/mol. The van der Waals surface area contributed by atoms with Crippen LogP contribution in [0.4, 0.5) is 0 Å². The van der Waals surface area contributed by atoms with E-state index < -0.39 is 5.60 Å². The van der Waals surface area contributed by atoms with Gasteiger partial charge in [-0.3, -0.25) is 9.97 Å². The van der Waals surface area contributed by atoms with Gasteiger partial charge in [0, 0.05) is 41.7 Å². The number of aromatic nitrogens is 4. The van der Waals surface area contributed by atoms with Crippen molar-refractivity contribution >= 4 is 0 Å². The monoisotopic (exact) mass is 390 g/mol. The highest BCUT2D eigenvalue weighted by Crippen LogP contribution is 2.47. The van der Waals surface area contributed by atoms with Crippen molar-refractivity contribution in [1.29, 1.82) is 0 Å². The summed E-state index contributed by atoms with van der Waals surface area (Å²) >= 11 is 0. The lowest BCUT2D eigenvalue weighted by atomic mass is 10.0. The van der Waals surface area contributed by atoms with Crippen molar-refractivity contribution in [2.45, 2.75) is 45.6 Å². The number of hydrogen-bond acceptors (Lipinski definition) is 6. The van der Waals surface area contributed by atoms with Crippen molar-refractivity contribution in [3.8, 4) is 17.0 Å². The molecule has 6 heteroatoms. The Labute approximate surface area is 171 Å². The average Bonchev–Trinajstić information content (AvgIpc) is 3.46. The minimum absolute atomic E-state index is 0.447. The molecular formula is C23H26N4O2. The van der Waals surface area contributed by atoms with Gasteiger partial charge in [0.1, 0.15) is 11.4 Å². The smallest absolute Gasteiger partial charge is 0.224 e. The van der Waals surface area contributed by atoms with Crippen molar-refractivity contribution in [2.24, 2.45) is 5.92 Å². The second-order valence-electron chi connectivity index (χ2n) is 8.25. The van der Waals surface area contributed by atoms with Crippen LogP contribution in [0.2, 0.25) is 0 Å². The molecule has 0 aromatic carbocycles. The average molecular weight is 390 g/mol. The largest absolute Gasteiger partial charge is 0.477 e. The highest BCUT2D eigenvalue weighted by atomic mass is 16.5. The van der Waals surface area contributed by atoms with Crippen molar-refractivity contribution in [3.05, 3.63) is 65.6 Å². The minimum Gasteiger partial charge on any atom is -0.477 e. The topological polar surface area (TPSA) is 81.0 Å². The molecule has 1 saturated carbocycles. The SMILES string of the molecule is Cc1ncc(-c2ccc(C(C)(C)O)nc2)c(OC[C@H]2C[C@@H]2c2ncccc2C)n1. The summed E-state index contributed by atoms with van der Waals surface area (Å²) in [5.41, 5.74) is 3.70. The first-order chi connectivity index (χ1) is 13.8. The predicted octanol–water partition coefficient (Wildman–Crippen LogP) is 3.96. The van der Waals surface area contributed by atoms with E-state index in [1.807, 2.05) is 31.3 Å². The van der Waals surface area contributed by atoms with Gasteiger partial charge in [-0.05, 0) is 51.8 Å². The lowest BCUT2D eigenvalue weighted by Gasteiger charge is -2.17. The molecule has 6 nitrogen and oxygen atoms in total. The van der Waals surface area contributed by atoms with Gasteiger partial charge in [-0.15, -0.1) is 0 Å². The molecule has 0 amide bonds. The molecule has 1 aliphatic rings. The van der Waals surface area contributed by atoms with Crippen molar-refractivity contribution in [1.82, 2.24) is 19.9 Å². The van der Waals surface area contributed by atoms with Gasteiger partial charge >= 0.3 is 0 Å². The highest BCUT2D eigenvalue weighted by Gasteiger charge is 2.41. The maximum Gasteiger partial charge on any atom is 0.224 e. The summed E-state index contributed by atoms with van der Waals surface area (Å²) in [6.07, 6.45) is 6.44. The quantitative estimate of drug-likeness (QED) is 0.686. The van der Waals surface area contributed by atoms with Crippen LogP contribution < -0.4 is 4.74 Å². The van der Waals surface area contributed by atoms with Crippen LogP contribution in [0.3, 0.4) is 0 Å². The summed E-state index contributed by atoms with van der Waals surface area (Å²) in [5.74, 6) is 2.13. The number of aliphatic hydroxyl groups is 1. The van der Waals surface area contributed by atoms with E-state index in [4.69, 9.17) is 4.74 Å². The molecule has 1 N–H and O–H groups in total. The Balaban J connectivity index is 1.50. The summed E-state index contributed by atoms with van der Waals surface area (Å²) < 4.78 is 6.13. The van der Waals surface area contributed by atoms with Crippen LogP contribution in [-0.4, -0.2) is 31.6 Å². The normalized spacial score (nSPS) is 18.5. The molecule has 2 atom stereocenters. The fourth-order valence-electron chi connectivity index (χ4n) is 3.51. The fraction of sp³-hybridized carbons (Fsp3) is 0.391. The van der Waals surface area contributed by atoms with Gasteiger partial charge < -0.3 is 9.84 Å². The first kappa shape index (κ1) is 19.5. The molecule has 0 spiro atoms. The van der Waals surface area contributed by atoms with Crippen molar-refractivity contribution in [3.63, 3.8) is 0 Å². The van der Waals surface area contributed by atoms with Gasteiger partial charge in [0.05, 0.1) is 17.9 Å². The molecule has 29 heavy (non-hydrogen) atoms. The molecule has 0 unspecified atom stereocenters. The summed E-state index contributed by atoms with van der Waals surface area (Å²) in [6, 6.07) is 7.81. The molecule has 4 rings (SSSR count). The van der Waals surface area contributed by atoms with Crippen LogP contribution in [0.15, 0.2) is 42.9 Å². The summed E-state index contributed by atoms with van der Waals surface area (Å²) in [6.45, 7) is 7.99. The maximum absolute atomic E-state index is 10.1. The molecule has 1 aliphatic carbocycles. The van der Waals surface area contributed by atoms with Gasteiger partial charge in [-0.25, -0.2) is 4.98 Å². The molecule has 3 aromatic rings. The Morgan fingerprint density at radius 2 is 1.93 bits per heavy atom. The summed E-state index contributed by atoms with van der Waals surface area (Å²) in [7, 11) is 0. The Morgan fingerprint density at radius 3 is 2.62 bits per heavy atom. The summed E-state index contributed by atoms with van der Waals surface area (Å²) in [5, 5.41) is 10.1. The zero-order valence-electron chi connectivity index (χ0n) is 17.3. The van der Waals surface area contributed by atoms with Gasteiger partial charge in [0.25, 0.3) is 0 Å². The predicted molar refractivity (Wildman–Crippen MR) is 111 cm³/mol. The Bertz CT molecular complexity index is 1010. The van der Waals surface area contributed by atoms with Crippen LogP contribution in [0.1, 0.15) is 49.0 Å². The van der Waals surface area contributed by atoms with Crippen molar-refractivity contribution < 1.29 is 9.84 Å². The number of ether oxygens (including phenoxy) is 1. The lowest BCUT2D eigenvalue weighted by molar-refractivity contribution is 0.0739. The molecule has 150 valence electrons. The summed E-state index contributed by atoms with van der Waals surface area (Å²) in [4.78, 5) is 17.8. The van der Waals surface area contributed by atoms with Gasteiger partial charge in [0.2, 0.25) is 5.88 Å². The van der Waals surface area contributed by atoms with Gasteiger partial charge in [-0.2, -0.15) is 4.98 Å². The number of pyridine rings is 2. The standard InChI is InChI=1S/C23H26N4O2/c1-14-6-5-9-24-21(14)18-10-17(18)13-29-22-19(12-25-15(2)27-22)16-7-8-20(26-11-16)23(3,4)28/h5-9,11-12,17-18,28H,10,13H2,1-4H3/t17-,18+/m1/s1. The van der Waals surface area contributed by atoms with Crippen LogP contribution in [-0.2, 0) is 5.60 Å². The molecule has 0 bridgehead atoms. The third kappa shape index (κ3) is 4.27. The third-order valence-corrected chi connectivity index (χ3v) is 5.33. The van der Waals surface area contributed by atoms with Crippen LogP contribution >= 0.6 is 0 Å². The number of nitrogens with zero attached hydrogens (tertiary/aromatic N) is 4. The van der Waals surface area contributed by atoms with E-state index in [-0.39, 0.29) is 0 Å². The highest BCUT2D eigenvalue weighted by molar-refractivity contribution is 5.67. The lowest BCUT2D eigenvalue weighted by Crippen LogP contribution is -2.17. The first-order valence-corrected chi connectivity index (χ1v) is 9.90. The van der Waals surface area contributed by atoms with Crippen LogP contribution in [0, 0.1) is 19.8 Å². The molecule has 0 aliphatic heterocycles. The Hall–Kier alpha value is -2.86. The van der Waals surface area contributed by atoms with Crippen LogP contribution in [0.5, 0.6) is 5.88 Å². The minimum atomic E-state index is -0.980. The maximum atomic E-state index is 10.1. The first-order valence-electron chi connectivity index (χ1n) is 9.90. The van der Waals surface area contributed by atoms with E-state index in [1.165, 1.54) is 11.3 Å². The van der Waals surface area contributed by atoms with Crippen LogP contribution in [0.25, 0.3) is 11.1 Å². The molecule has 3 heterocycles. The molecule has 0 saturated heterocycles. The number of aryl methyl sites for hydroxylation is 2. The second kappa shape index (κ2) is 7.52. The van der Waals surface area contributed by atoms with Crippen molar-refractivity contribution in [2.75, 3.05) is 6.61 Å². The zero-order valence-corrected chi connectivity index (χ0v) is 17.3. The number of rotatable bonds is 6. The van der Waals surface area contributed by atoms with E-state index in [9.17, 15) is 5.11 Å². The molecule has 0 radical (unpaired) electrons. The molecule has 3 aromatic heterocycles. The molecule has 1 fully saturated rings. The third-order valence-electron chi connectivity index (χ3n) is 5.33. The zero-order chi connectivity index (χ0) is 20.6. The second-order valence-corrected chi connectivity index (χ2v) is 8.25. The van der Waals surface area contributed by atoms with E-state index in [2.05, 4.69) is 32.9 Å². The van der Waals surface area contributed by atoms with E-state index in [1.54, 1.807) is 26.2 Å². The Morgan fingerprint density at radius 1 is 1.10 bits per heavy atom. The Kier molecular flexibility index (Phi) is 5.04. The van der Waals surface area contributed by atoms with E-state index in [0.717, 1.165) is 17.5 Å². The van der Waals surface area contributed by atoms with E-state index in [0.29, 0.717) is 35.8 Å². The van der Waals surface area contributed by atoms with Gasteiger partial charge in [-0.1, -0.05) is 12.1 Å². The van der Waals surface area contributed by atoms with Gasteiger partial charge in [0.15, 0.2) is 0 Å². The van der Waals surface area contributed by atoms with E-state index >= 15 is 0 Å².